The minimum absolute atomic E-state index is 0.0842. The Balaban J connectivity index is 2.21. The summed E-state index contributed by atoms with van der Waals surface area (Å²) in [5, 5.41) is 0. The molecule has 0 aliphatic rings. The summed E-state index contributed by atoms with van der Waals surface area (Å²) < 4.78 is 11.7. The lowest BCUT2D eigenvalue weighted by Crippen LogP contribution is -2.18. The van der Waals surface area contributed by atoms with E-state index in [9.17, 15) is 0 Å². The molecule has 1 unspecified atom stereocenters. The fraction of sp³-hybridized carbons (Fsp3) is 0.333. The molecule has 0 radical (unpaired) electrons. The largest absolute Gasteiger partial charge is 0.490 e. The average Bonchev–Trinajstić information content (AvgIpc) is 2.47. The van der Waals surface area contributed by atoms with Gasteiger partial charge in [-0.1, -0.05) is 42.5 Å². The Labute approximate surface area is 126 Å². The van der Waals surface area contributed by atoms with Crippen molar-refractivity contribution in [1.29, 1.82) is 0 Å². The third-order valence-electron chi connectivity index (χ3n) is 3.13. The molecule has 0 heterocycles. The summed E-state index contributed by atoms with van der Waals surface area (Å²) in [5.74, 6) is 1.59. The molecule has 1 atom stereocenters. The van der Waals surface area contributed by atoms with Crippen LogP contribution >= 0.6 is 0 Å². The monoisotopic (exact) mass is 285 g/mol. The fourth-order valence-electron chi connectivity index (χ4n) is 2.23. The number of benzene rings is 2. The molecule has 2 aromatic rings. The smallest absolute Gasteiger partial charge is 0.164 e. The molecule has 0 saturated heterocycles. The average molecular weight is 285 g/mol. The second-order valence-electron chi connectivity index (χ2n) is 5.13. The van der Waals surface area contributed by atoms with Gasteiger partial charge in [0.25, 0.3) is 0 Å². The molecule has 0 fully saturated rings. The number of hydrogen-bond donors (Lipinski definition) is 1. The minimum atomic E-state index is 0.0842. The van der Waals surface area contributed by atoms with Crippen LogP contribution < -0.4 is 15.2 Å². The van der Waals surface area contributed by atoms with Crippen molar-refractivity contribution in [3.05, 3.63) is 59.7 Å². The summed E-state index contributed by atoms with van der Waals surface area (Å²) in [6, 6.07) is 16.2. The summed E-state index contributed by atoms with van der Waals surface area (Å²) in [5.41, 5.74) is 8.15. The lowest BCUT2D eigenvalue weighted by molar-refractivity contribution is 0.266. The summed E-state index contributed by atoms with van der Waals surface area (Å²) in [6.45, 7) is 5.10. The lowest BCUT2D eigenvalue weighted by Gasteiger charge is -2.17. The Morgan fingerprint density at radius 3 is 2.43 bits per heavy atom. The molecule has 0 aliphatic carbocycles. The predicted molar refractivity (Wildman–Crippen MR) is 85.7 cm³/mol. The van der Waals surface area contributed by atoms with Crippen LogP contribution in [0.25, 0.3) is 0 Å². The van der Waals surface area contributed by atoms with E-state index in [1.54, 1.807) is 0 Å². The first-order valence-electron chi connectivity index (χ1n) is 7.37. The zero-order chi connectivity index (χ0) is 15.1. The SMILES string of the molecule is CCOc1cccc(CC(C)N)c1OCc1ccccc1. The first kappa shape index (κ1) is 15.4. The van der Waals surface area contributed by atoms with Gasteiger partial charge in [-0.2, -0.15) is 0 Å². The Morgan fingerprint density at radius 2 is 1.76 bits per heavy atom. The van der Waals surface area contributed by atoms with Crippen LogP contribution in [0, 0.1) is 0 Å². The van der Waals surface area contributed by atoms with Crippen molar-refractivity contribution in [2.45, 2.75) is 32.9 Å². The Bertz CT molecular complexity index is 552. The van der Waals surface area contributed by atoms with Gasteiger partial charge in [0.2, 0.25) is 0 Å². The number of nitrogens with two attached hydrogens (primary N) is 1. The van der Waals surface area contributed by atoms with Gasteiger partial charge in [0.1, 0.15) is 6.61 Å². The number of para-hydroxylation sites is 1. The molecule has 0 aromatic heterocycles. The number of ether oxygens (including phenoxy) is 2. The van der Waals surface area contributed by atoms with Crippen LogP contribution in [0.15, 0.2) is 48.5 Å². The van der Waals surface area contributed by atoms with Crippen molar-refractivity contribution < 1.29 is 9.47 Å². The van der Waals surface area contributed by atoms with E-state index in [-0.39, 0.29) is 6.04 Å². The summed E-state index contributed by atoms with van der Waals surface area (Å²) in [7, 11) is 0. The summed E-state index contributed by atoms with van der Waals surface area (Å²) in [6.07, 6.45) is 0.769. The maximum absolute atomic E-state index is 6.03. The topological polar surface area (TPSA) is 44.5 Å². The zero-order valence-corrected chi connectivity index (χ0v) is 12.7. The molecule has 0 bridgehead atoms. The first-order valence-corrected chi connectivity index (χ1v) is 7.37. The molecule has 0 spiro atoms. The van der Waals surface area contributed by atoms with Gasteiger partial charge in [-0.25, -0.2) is 0 Å². The van der Waals surface area contributed by atoms with Crippen molar-refractivity contribution in [1.82, 2.24) is 0 Å². The van der Waals surface area contributed by atoms with Crippen LogP contribution in [0.2, 0.25) is 0 Å². The summed E-state index contributed by atoms with van der Waals surface area (Å²) >= 11 is 0. The second kappa shape index (κ2) is 7.70. The highest BCUT2D eigenvalue weighted by Crippen LogP contribution is 2.32. The molecule has 0 amide bonds. The quantitative estimate of drug-likeness (QED) is 0.846. The lowest BCUT2D eigenvalue weighted by atomic mass is 10.1. The second-order valence-corrected chi connectivity index (χ2v) is 5.13. The van der Waals surface area contributed by atoms with Gasteiger partial charge in [0.05, 0.1) is 6.61 Å². The van der Waals surface area contributed by atoms with Gasteiger partial charge in [0, 0.05) is 6.04 Å². The normalized spacial score (nSPS) is 12.0. The van der Waals surface area contributed by atoms with Crippen LogP contribution in [-0.2, 0) is 13.0 Å². The maximum Gasteiger partial charge on any atom is 0.164 e. The number of hydrogen-bond acceptors (Lipinski definition) is 3. The molecule has 2 rings (SSSR count). The van der Waals surface area contributed by atoms with Crippen LogP contribution in [-0.4, -0.2) is 12.6 Å². The standard InChI is InChI=1S/C18H23NO2/c1-3-20-17-11-7-10-16(12-14(2)19)18(17)21-13-15-8-5-4-6-9-15/h4-11,14H,3,12-13,19H2,1-2H3. The Hall–Kier alpha value is -2.00. The minimum Gasteiger partial charge on any atom is -0.490 e. The maximum atomic E-state index is 6.03. The molecule has 2 N–H and O–H groups in total. The van der Waals surface area contributed by atoms with E-state index in [1.807, 2.05) is 50.2 Å². The predicted octanol–water partition coefficient (Wildman–Crippen LogP) is 3.55. The molecule has 112 valence electrons. The Morgan fingerprint density at radius 1 is 1.00 bits per heavy atom. The Kier molecular flexibility index (Phi) is 5.64. The molecule has 3 nitrogen and oxygen atoms in total. The molecule has 21 heavy (non-hydrogen) atoms. The third-order valence-corrected chi connectivity index (χ3v) is 3.13. The molecule has 2 aromatic carbocycles. The van der Waals surface area contributed by atoms with Crippen LogP contribution in [0.3, 0.4) is 0 Å². The van der Waals surface area contributed by atoms with Gasteiger partial charge in [-0.15, -0.1) is 0 Å². The third kappa shape index (κ3) is 4.50. The van der Waals surface area contributed by atoms with Crippen LogP contribution in [0.5, 0.6) is 11.5 Å². The van der Waals surface area contributed by atoms with Crippen molar-refractivity contribution in [2.24, 2.45) is 5.73 Å². The highest BCUT2D eigenvalue weighted by Gasteiger charge is 2.12. The van der Waals surface area contributed by atoms with Crippen molar-refractivity contribution in [2.75, 3.05) is 6.61 Å². The van der Waals surface area contributed by atoms with Crippen LogP contribution in [0.4, 0.5) is 0 Å². The van der Waals surface area contributed by atoms with Gasteiger partial charge >= 0.3 is 0 Å². The molecule has 0 saturated carbocycles. The number of rotatable bonds is 7. The van der Waals surface area contributed by atoms with E-state index in [1.165, 1.54) is 0 Å². The van der Waals surface area contributed by atoms with Gasteiger partial charge < -0.3 is 15.2 Å². The van der Waals surface area contributed by atoms with Gasteiger partial charge in [0.15, 0.2) is 11.5 Å². The zero-order valence-electron chi connectivity index (χ0n) is 12.7. The van der Waals surface area contributed by atoms with Gasteiger partial charge in [-0.3, -0.25) is 0 Å². The van der Waals surface area contributed by atoms with Crippen molar-refractivity contribution in [3.63, 3.8) is 0 Å². The van der Waals surface area contributed by atoms with Crippen LogP contribution in [0.1, 0.15) is 25.0 Å². The summed E-state index contributed by atoms with van der Waals surface area (Å²) in [4.78, 5) is 0. The van der Waals surface area contributed by atoms with E-state index in [0.717, 1.165) is 29.0 Å². The molecule has 3 heteroatoms. The fourth-order valence-corrected chi connectivity index (χ4v) is 2.23. The highest BCUT2D eigenvalue weighted by atomic mass is 16.5. The van der Waals surface area contributed by atoms with E-state index in [2.05, 4.69) is 12.1 Å². The van der Waals surface area contributed by atoms with E-state index >= 15 is 0 Å². The molecular weight excluding hydrogens is 262 g/mol. The van der Waals surface area contributed by atoms with E-state index < -0.39 is 0 Å². The highest BCUT2D eigenvalue weighted by molar-refractivity contribution is 5.47. The van der Waals surface area contributed by atoms with E-state index in [4.69, 9.17) is 15.2 Å². The van der Waals surface area contributed by atoms with Crippen molar-refractivity contribution >= 4 is 0 Å². The molecule has 0 aliphatic heterocycles. The van der Waals surface area contributed by atoms with Gasteiger partial charge in [-0.05, 0) is 37.5 Å². The van der Waals surface area contributed by atoms with Crippen molar-refractivity contribution in [3.8, 4) is 11.5 Å². The van der Waals surface area contributed by atoms with E-state index in [0.29, 0.717) is 13.2 Å². The molecular formula is C18H23NO2. The first-order chi connectivity index (χ1) is 10.2.